The minimum absolute atomic E-state index is 0.121. The molecule has 0 saturated carbocycles. The zero-order valence-corrected chi connectivity index (χ0v) is 7.79. The zero-order valence-electron chi connectivity index (χ0n) is 7.79. The van der Waals surface area contributed by atoms with Gasteiger partial charge in [0.05, 0.1) is 13.2 Å². The average Bonchev–Trinajstić information content (AvgIpc) is 2.02. The number of hydrogen-bond donors (Lipinski definition) is 3. The number of aliphatic hydroxyl groups excluding tert-OH is 2. The molecule has 0 unspecified atom stereocenters. The Kier molecular flexibility index (Phi) is 5.92. The first-order valence-corrected chi connectivity index (χ1v) is 4.05. The third kappa shape index (κ3) is 5.21. The van der Waals surface area contributed by atoms with Gasteiger partial charge in [-0.2, -0.15) is 0 Å². The van der Waals surface area contributed by atoms with E-state index in [1.165, 1.54) is 4.90 Å². The van der Waals surface area contributed by atoms with Crippen LogP contribution in [0, 0.1) is 0 Å². The molecule has 2 amide bonds. The normalized spacial score (nSPS) is 9.46. The molecule has 0 aromatic carbocycles. The molecular formula is C8H16N2O3. The molecule has 0 aliphatic heterocycles. The second kappa shape index (κ2) is 6.45. The fourth-order valence-electron chi connectivity index (χ4n) is 0.818. The van der Waals surface area contributed by atoms with Crippen molar-refractivity contribution >= 4 is 6.03 Å². The summed E-state index contributed by atoms with van der Waals surface area (Å²) in [6.45, 7) is 5.35. The summed E-state index contributed by atoms with van der Waals surface area (Å²) in [7, 11) is 0. The van der Waals surface area contributed by atoms with Crippen LogP contribution in [0.15, 0.2) is 12.3 Å². The lowest BCUT2D eigenvalue weighted by molar-refractivity contribution is 0.160. The summed E-state index contributed by atoms with van der Waals surface area (Å²) < 4.78 is 0. The number of rotatable bonds is 5. The van der Waals surface area contributed by atoms with Crippen molar-refractivity contribution in [3.05, 3.63) is 12.3 Å². The Hall–Kier alpha value is -1.07. The fraction of sp³-hybridized carbons (Fsp3) is 0.625. The Morgan fingerprint density at radius 1 is 1.38 bits per heavy atom. The van der Waals surface area contributed by atoms with Crippen molar-refractivity contribution in [2.45, 2.75) is 6.92 Å². The first kappa shape index (κ1) is 11.9. The lowest BCUT2D eigenvalue weighted by Crippen LogP contribution is -2.42. The van der Waals surface area contributed by atoms with Gasteiger partial charge in [-0.1, -0.05) is 6.58 Å². The molecule has 0 aromatic rings. The minimum Gasteiger partial charge on any atom is -0.395 e. The Labute approximate surface area is 77.7 Å². The van der Waals surface area contributed by atoms with E-state index in [0.29, 0.717) is 5.70 Å². The second-order valence-corrected chi connectivity index (χ2v) is 2.64. The molecule has 0 heterocycles. The van der Waals surface area contributed by atoms with Crippen LogP contribution in [0.3, 0.4) is 0 Å². The molecule has 0 bridgehead atoms. The summed E-state index contributed by atoms with van der Waals surface area (Å²) in [4.78, 5) is 12.6. The van der Waals surface area contributed by atoms with Gasteiger partial charge in [0, 0.05) is 18.8 Å². The highest BCUT2D eigenvalue weighted by molar-refractivity contribution is 5.75. The summed E-state index contributed by atoms with van der Waals surface area (Å²) in [6, 6.07) is -0.351. The lowest BCUT2D eigenvalue weighted by atomic mass is 10.5. The molecule has 0 aromatic heterocycles. The van der Waals surface area contributed by atoms with Crippen LogP contribution in [0.2, 0.25) is 0 Å². The van der Waals surface area contributed by atoms with E-state index in [9.17, 15) is 4.79 Å². The molecule has 13 heavy (non-hydrogen) atoms. The molecule has 3 N–H and O–H groups in total. The molecule has 0 atom stereocenters. The predicted molar refractivity (Wildman–Crippen MR) is 49.1 cm³/mol. The van der Waals surface area contributed by atoms with Gasteiger partial charge in [0.25, 0.3) is 0 Å². The van der Waals surface area contributed by atoms with Crippen LogP contribution in [-0.2, 0) is 0 Å². The molecular weight excluding hydrogens is 172 g/mol. The number of carbonyl (C=O) groups excluding carboxylic acids is 1. The average molecular weight is 188 g/mol. The van der Waals surface area contributed by atoms with Crippen LogP contribution in [0.4, 0.5) is 4.79 Å². The van der Waals surface area contributed by atoms with Crippen molar-refractivity contribution in [1.82, 2.24) is 10.2 Å². The number of nitrogens with zero attached hydrogens (tertiary/aromatic N) is 1. The maximum absolute atomic E-state index is 11.3. The van der Waals surface area contributed by atoms with Gasteiger partial charge in [-0.3, -0.25) is 0 Å². The summed E-state index contributed by atoms with van der Waals surface area (Å²) in [6.07, 6.45) is 0. The van der Waals surface area contributed by atoms with Gasteiger partial charge in [0.15, 0.2) is 0 Å². The SMILES string of the molecule is C=C(C)NC(=O)N(CCO)CCO. The van der Waals surface area contributed by atoms with Gasteiger partial charge >= 0.3 is 6.03 Å². The number of aliphatic hydroxyl groups is 2. The van der Waals surface area contributed by atoms with Crippen molar-refractivity contribution in [1.29, 1.82) is 0 Å². The van der Waals surface area contributed by atoms with Crippen molar-refractivity contribution in [2.75, 3.05) is 26.3 Å². The van der Waals surface area contributed by atoms with Gasteiger partial charge in [0.2, 0.25) is 0 Å². The van der Waals surface area contributed by atoms with Gasteiger partial charge in [-0.05, 0) is 6.92 Å². The van der Waals surface area contributed by atoms with Crippen LogP contribution >= 0.6 is 0 Å². The molecule has 0 aliphatic rings. The van der Waals surface area contributed by atoms with Crippen LogP contribution in [-0.4, -0.2) is 47.4 Å². The van der Waals surface area contributed by atoms with Crippen LogP contribution in [0.1, 0.15) is 6.92 Å². The number of carbonyl (C=O) groups is 1. The second-order valence-electron chi connectivity index (χ2n) is 2.64. The van der Waals surface area contributed by atoms with Crippen LogP contribution < -0.4 is 5.32 Å². The molecule has 0 aliphatic carbocycles. The Morgan fingerprint density at radius 3 is 2.15 bits per heavy atom. The molecule has 0 rings (SSSR count). The molecule has 5 heteroatoms. The lowest BCUT2D eigenvalue weighted by Gasteiger charge is -2.20. The summed E-state index contributed by atoms with van der Waals surface area (Å²) in [5.41, 5.74) is 0.533. The van der Waals surface area contributed by atoms with Gasteiger partial charge < -0.3 is 20.4 Å². The molecule has 0 spiro atoms. The highest BCUT2D eigenvalue weighted by atomic mass is 16.3. The summed E-state index contributed by atoms with van der Waals surface area (Å²) in [5.74, 6) is 0. The van der Waals surface area contributed by atoms with Crippen molar-refractivity contribution in [3.8, 4) is 0 Å². The molecule has 0 radical (unpaired) electrons. The maximum Gasteiger partial charge on any atom is 0.321 e. The maximum atomic E-state index is 11.3. The largest absolute Gasteiger partial charge is 0.395 e. The predicted octanol–water partition coefficient (Wildman–Crippen LogP) is -0.484. The molecule has 0 saturated heterocycles. The van der Waals surface area contributed by atoms with E-state index in [0.717, 1.165) is 0 Å². The van der Waals surface area contributed by atoms with E-state index >= 15 is 0 Å². The number of urea groups is 1. The first-order valence-electron chi connectivity index (χ1n) is 4.05. The highest BCUT2D eigenvalue weighted by Crippen LogP contribution is 1.90. The topological polar surface area (TPSA) is 72.8 Å². The molecule has 76 valence electrons. The van der Waals surface area contributed by atoms with Crippen molar-refractivity contribution in [3.63, 3.8) is 0 Å². The first-order chi connectivity index (χ1) is 6.11. The third-order valence-electron chi connectivity index (χ3n) is 1.35. The zero-order chi connectivity index (χ0) is 10.3. The number of amides is 2. The van der Waals surface area contributed by atoms with Gasteiger partial charge in [0.1, 0.15) is 0 Å². The Bertz CT molecular complexity index is 176. The van der Waals surface area contributed by atoms with E-state index < -0.39 is 0 Å². The summed E-state index contributed by atoms with van der Waals surface area (Å²) >= 11 is 0. The monoisotopic (exact) mass is 188 g/mol. The number of allylic oxidation sites excluding steroid dienone is 1. The quantitative estimate of drug-likeness (QED) is 0.545. The van der Waals surface area contributed by atoms with E-state index in [1.807, 2.05) is 0 Å². The van der Waals surface area contributed by atoms with Gasteiger partial charge in [-0.15, -0.1) is 0 Å². The summed E-state index contributed by atoms with van der Waals surface area (Å²) in [5, 5.41) is 19.7. The highest BCUT2D eigenvalue weighted by Gasteiger charge is 2.10. The Morgan fingerprint density at radius 2 is 1.85 bits per heavy atom. The number of hydrogen-bond acceptors (Lipinski definition) is 3. The van der Waals surface area contributed by atoms with E-state index in [1.54, 1.807) is 6.92 Å². The number of nitrogens with one attached hydrogen (secondary N) is 1. The molecule has 5 nitrogen and oxygen atoms in total. The van der Waals surface area contributed by atoms with Crippen molar-refractivity contribution in [2.24, 2.45) is 0 Å². The van der Waals surface area contributed by atoms with Gasteiger partial charge in [-0.25, -0.2) is 4.79 Å². The van der Waals surface area contributed by atoms with Crippen molar-refractivity contribution < 1.29 is 15.0 Å². The fourth-order valence-corrected chi connectivity index (χ4v) is 0.818. The van der Waals surface area contributed by atoms with E-state index in [4.69, 9.17) is 10.2 Å². The van der Waals surface area contributed by atoms with Crippen LogP contribution in [0.5, 0.6) is 0 Å². The molecule has 0 fully saturated rings. The minimum atomic E-state index is -0.351. The standard InChI is InChI=1S/C8H16N2O3/c1-7(2)9-8(13)10(3-5-11)4-6-12/h11-12H,1,3-6H2,2H3,(H,9,13). The third-order valence-corrected chi connectivity index (χ3v) is 1.35. The smallest absolute Gasteiger partial charge is 0.321 e. The van der Waals surface area contributed by atoms with Crippen LogP contribution in [0.25, 0.3) is 0 Å². The van der Waals surface area contributed by atoms with E-state index in [-0.39, 0.29) is 32.3 Å². The van der Waals surface area contributed by atoms with E-state index in [2.05, 4.69) is 11.9 Å². The Balaban J connectivity index is 4.02.